The van der Waals surface area contributed by atoms with Crippen molar-refractivity contribution in [1.82, 2.24) is 4.90 Å². The molecule has 1 saturated heterocycles. The van der Waals surface area contributed by atoms with Gasteiger partial charge < -0.3 is 10.0 Å². The SMILES string of the molecule is CCC(=O)N1CCC[C@H]2c3cc(O)c(C(=O)CCl)cc3CC[C@@H]21. The Balaban J connectivity index is 1.96. The van der Waals surface area contributed by atoms with E-state index < -0.39 is 0 Å². The highest BCUT2D eigenvalue weighted by Crippen LogP contribution is 2.43. The van der Waals surface area contributed by atoms with Gasteiger partial charge in [0.15, 0.2) is 5.78 Å². The third-order valence-corrected chi connectivity index (χ3v) is 5.43. The molecule has 0 unspecified atom stereocenters. The van der Waals surface area contributed by atoms with Gasteiger partial charge >= 0.3 is 0 Å². The summed E-state index contributed by atoms with van der Waals surface area (Å²) in [6.45, 7) is 2.73. The summed E-state index contributed by atoms with van der Waals surface area (Å²) in [5.74, 6) is 0.0989. The molecule has 124 valence electrons. The van der Waals surface area contributed by atoms with Gasteiger partial charge in [-0.3, -0.25) is 9.59 Å². The molecule has 0 radical (unpaired) electrons. The van der Waals surface area contributed by atoms with Crippen molar-refractivity contribution in [2.24, 2.45) is 0 Å². The quantitative estimate of drug-likeness (QED) is 0.681. The Hall–Kier alpha value is -1.55. The molecule has 3 rings (SSSR count). The van der Waals surface area contributed by atoms with E-state index in [2.05, 4.69) is 0 Å². The first kappa shape index (κ1) is 16.3. The minimum absolute atomic E-state index is 0.00833. The van der Waals surface area contributed by atoms with Crippen molar-refractivity contribution in [3.8, 4) is 5.75 Å². The number of rotatable bonds is 3. The van der Waals surface area contributed by atoms with Crippen LogP contribution in [-0.2, 0) is 11.2 Å². The molecule has 1 N–H and O–H groups in total. The van der Waals surface area contributed by atoms with Crippen LogP contribution in [0.15, 0.2) is 12.1 Å². The number of phenolic OH excluding ortho intramolecular Hbond substituents is 1. The van der Waals surface area contributed by atoms with Gasteiger partial charge in [-0.15, -0.1) is 11.6 Å². The van der Waals surface area contributed by atoms with Crippen molar-refractivity contribution in [3.63, 3.8) is 0 Å². The van der Waals surface area contributed by atoms with Gasteiger partial charge in [-0.05, 0) is 48.9 Å². The maximum absolute atomic E-state index is 12.2. The zero-order chi connectivity index (χ0) is 16.6. The topological polar surface area (TPSA) is 57.6 Å². The largest absolute Gasteiger partial charge is 0.507 e. The molecule has 1 aliphatic carbocycles. The highest BCUT2D eigenvalue weighted by molar-refractivity contribution is 6.30. The van der Waals surface area contributed by atoms with Crippen molar-refractivity contribution in [2.45, 2.75) is 51.0 Å². The van der Waals surface area contributed by atoms with Crippen LogP contribution in [0.1, 0.15) is 60.0 Å². The molecule has 0 spiro atoms. The number of likely N-dealkylation sites (tertiary alicyclic amines) is 1. The summed E-state index contributed by atoms with van der Waals surface area (Å²) in [5, 5.41) is 10.2. The average molecular weight is 336 g/mol. The van der Waals surface area contributed by atoms with Crippen LogP contribution < -0.4 is 0 Å². The summed E-state index contributed by atoms with van der Waals surface area (Å²) in [5.41, 5.74) is 2.52. The number of hydrogen-bond acceptors (Lipinski definition) is 3. The van der Waals surface area contributed by atoms with Crippen molar-refractivity contribution in [2.75, 3.05) is 12.4 Å². The van der Waals surface area contributed by atoms with E-state index in [1.165, 1.54) is 0 Å². The third kappa shape index (κ3) is 2.85. The lowest BCUT2D eigenvalue weighted by Crippen LogP contribution is -2.49. The molecule has 1 heterocycles. The molecule has 0 saturated carbocycles. The van der Waals surface area contributed by atoms with E-state index in [1.54, 1.807) is 12.1 Å². The lowest BCUT2D eigenvalue weighted by Gasteiger charge is -2.45. The van der Waals surface area contributed by atoms with Crippen LogP contribution in [0, 0.1) is 0 Å². The summed E-state index contributed by atoms with van der Waals surface area (Å²) in [7, 11) is 0. The molecule has 5 heteroatoms. The Labute approximate surface area is 141 Å². The van der Waals surface area contributed by atoms with Gasteiger partial charge in [-0.1, -0.05) is 6.92 Å². The molecule has 0 bridgehead atoms. The molecule has 2 aliphatic rings. The van der Waals surface area contributed by atoms with Gasteiger partial charge in [-0.2, -0.15) is 0 Å². The van der Waals surface area contributed by atoms with Gasteiger partial charge in [0.25, 0.3) is 0 Å². The lowest BCUT2D eigenvalue weighted by molar-refractivity contribution is -0.135. The fourth-order valence-corrected chi connectivity index (χ4v) is 4.24. The Morgan fingerprint density at radius 3 is 2.83 bits per heavy atom. The Bertz CT molecular complexity index is 643. The molecule has 1 aromatic carbocycles. The van der Waals surface area contributed by atoms with Crippen LogP contribution in [0.25, 0.3) is 0 Å². The number of carbonyl (C=O) groups is 2. The van der Waals surface area contributed by atoms with Crippen LogP contribution in [0.2, 0.25) is 0 Å². The number of ketones is 1. The molecule has 1 fully saturated rings. The zero-order valence-corrected chi connectivity index (χ0v) is 14.1. The standard InChI is InChI=1S/C18H22ClNO3/c1-2-18(23)20-7-3-4-12-13-9-16(21)14(17(22)10-19)8-11(13)5-6-15(12)20/h8-9,12,15,21H,2-7,10H2,1H3/t12-,15-/m0/s1. The highest BCUT2D eigenvalue weighted by atomic mass is 35.5. The number of Topliss-reactive ketones (excluding diaryl/α,β-unsaturated/α-hetero) is 1. The van der Waals surface area contributed by atoms with E-state index in [9.17, 15) is 14.7 Å². The number of amides is 1. The van der Waals surface area contributed by atoms with Crippen molar-refractivity contribution >= 4 is 23.3 Å². The number of fused-ring (bicyclic) bond motifs is 3. The van der Waals surface area contributed by atoms with Crippen LogP contribution in [0.5, 0.6) is 5.75 Å². The number of aromatic hydroxyl groups is 1. The molecule has 1 aliphatic heterocycles. The third-order valence-electron chi connectivity index (χ3n) is 5.19. The zero-order valence-electron chi connectivity index (χ0n) is 13.3. The fourth-order valence-electron chi connectivity index (χ4n) is 4.10. The summed E-state index contributed by atoms with van der Waals surface area (Å²) in [6, 6.07) is 3.75. The summed E-state index contributed by atoms with van der Waals surface area (Å²) < 4.78 is 0. The summed E-state index contributed by atoms with van der Waals surface area (Å²) in [4.78, 5) is 26.1. The van der Waals surface area contributed by atoms with Crippen molar-refractivity contribution < 1.29 is 14.7 Å². The first-order valence-corrected chi connectivity index (χ1v) is 8.84. The number of benzene rings is 1. The van der Waals surface area contributed by atoms with Gasteiger partial charge in [-0.25, -0.2) is 0 Å². The first-order valence-electron chi connectivity index (χ1n) is 8.31. The number of piperidine rings is 1. The van der Waals surface area contributed by atoms with E-state index in [4.69, 9.17) is 11.6 Å². The van der Waals surface area contributed by atoms with E-state index in [-0.39, 0.29) is 35.3 Å². The molecule has 0 aromatic heterocycles. The second kappa shape index (κ2) is 6.52. The molecular formula is C18H22ClNO3. The number of aryl methyl sites for hydroxylation is 1. The molecular weight excluding hydrogens is 314 g/mol. The molecule has 23 heavy (non-hydrogen) atoms. The predicted molar refractivity (Wildman–Crippen MR) is 89.2 cm³/mol. The number of hydrogen-bond donors (Lipinski definition) is 1. The van der Waals surface area contributed by atoms with E-state index in [0.717, 1.165) is 43.4 Å². The molecule has 1 aromatic rings. The van der Waals surface area contributed by atoms with Crippen LogP contribution >= 0.6 is 11.6 Å². The Morgan fingerprint density at radius 1 is 1.35 bits per heavy atom. The van der Waals surface area contributed by atoms with Gasteiger partial charge in [0.1, 0.15) is 5.75 Å². The predicted octanol–water partition coefficient (Wildman–Crippen LogP) is 3.24. The maximum atomic E-state index is 12.2. The minimum Gasteiger partial charge on any atom is -0.507 e. The fraction of sp³-hybridized carbons (Fsp3) is 0.556. The normalized spacial score (nSPS) is 23.1. The van der Waals surface area contributed by atoms with Gasteiger partial charge in [0.2, 0.25) is 5.91 Å². The second-order valence-electron chi connectivity index (χ2n) is 6.42. The smallest absolute Gasteiger partial charge is 0.222 e. The van der Waals surface area contributed by atoms with Gasteiger partial charge in [0.05, 0.1) is 11.4 Å². The minimum atomic E-state index is -0.250. The lowest BCUT2D eigenvalue weighted by atomic mass is 9.73. The number of phenols is 1. The maximum Gasteiger partial charge on any atom is 0.222 e. The summed E-state index contributed by atoms with van der Waals surface area (Å²) >= 11 is 5.62. The van der Waals surface area contributed by atoms with E-state index in [0.29, 0.717) is 12.0 Å². The second-order valence-corrected chi connectivity index (χ2v) is 6.69. The Kier molecular flexibility index (Phi) is 4.62. The number of nitrogens with zero attached hydrogens (tertiary/aromatic N) is 1. The van der Waals surface area contributed by atoms with Crippen LogP contribution in [-0.4, -0.2) is 40.2 Å². The number of halogens is 1. The summed E-state index contributed by atoms with van der Waals surface area (Å²) in [6.07, 6.45) is 4.28. The Morgan fingerprint density at radius 2 is 2.13 bits per heavy atom. The van der Waals surface area contributed by atoms with Crippen molar-refractivity contribution in [1.29, 1.82) is 0 Å². The van der Waals surface area contributed by atoms with Crippen molar-refractivity contribution in [3.05, 3.63) is 28.8 Å². The highest BCUT2D eigenvalue weighted by Gasteiger charge is 2.38. The van der Waals surface area contributed by atoms with E-state index >= 15 is 0 Å². The number of alkyl halides is 1. The van der Waals surface area contributed by atoms with E-state index in [1.807, 2.05) is 11.8 Å². The molecule has 2 atom stereocenters. The molecule has 1 amide bonds. The monoisotopic (exact) mass is 335 g/mol. The van der Waals surface area contributed by atoms with Gasteiger partial charge in [0, 0.05) is 24.9 Å². The first-order chi connectivity index (χ1) is 11.1. The molecule has 4 nitrogen and oxygen atoms in total. The number of carbonyl (C=O) groups excluding carboxylic acids is 2. The van der Waals surface area contributed by atoms with Crippen LogP contribution in [0.3, 0.4) is 0 Å². The van der Waals surface area contributed by atoms with Crippen LogP contribution in [0.4, 0.5) is 0 Å². The average Bonchev–Trinajstić information content (AvgIpc) is 2.59.